The third-order valence-electron chi connectivity index (χ3n) is 3.88. The lowest BCUT2D eigenvalue weighted by Crippen LogP contribution is -2.33. The maximum absolute atomic E-state index is 13.8. The van der Waals surface area contributed by atoms with Gasteiger partial charge in [0.1, 0.15) is 0 Å². The molecule has 7 heteroatoms. The molecule has 0 bridgehead atoms. The van der Waals surface area contributed by atoms with Gasteiger partial charge in [-0.3, -0.25) is 4.79 Å². The summed E-state index contributed by atoms with van der Waals surface area (Å²) >= 11 is 0. The van der Waals surface area contributed by atoms with Crippen molar-refractivity contribution in [2.75, 3.05) is 0 Å². The van der Waals surface area contributed by atoms with Gasteiger partial charge in [0, 0.05) is 23.7 Å². The Morgan fingerprint density at radius 2 is 2.14 bits per heavy atom. The van der Waals surface area contributed by atoms with Gasteiger partial charge in [-0.1, -0.05) is 0 Å². The molecule has 1 aliphatic rings. The average Bonchev–Trinajstić information content (AvgIpc) is 3.21. The monoisotopic (exact) mass is 312 g/mol. The summed E-state index contributed by atoms with van der Waals surface area (Å²) in [5.41, 5.74) is 0.645. The molecule has 0 unspecified atom stereocenters. The summed E-state index contributed by atoms with van der Waals surface area (Å²) in [6, 6.07) is 2.21. The Labute approximate surface area is 124 Å². The number of carbonyl (C=O) groups excluding carboxylic acids is 1. The number of alkyl halides is 2. The lowest BCUT2D eigenvalue weighted by Gasteiger charge is -2.12. The molecule has 4 nitrogen and oxygen atoms in total. The van der Waals surface area contributed by atoms with Crippen LogP contribution in [-0.2, 0) is 0 Å². The number of nitrogens with one attached hydrogen (secondary N) is 2. The molecule has 0 aliphatic heterocycles. The van der Waals surface area contributed by atoms with Gasteiger partial charge < -0.3 is 15.0 Å². The molecule has 1 aromatic carbocycles. The summed E-state index contributed by atoms with van der Waals surface area (Å²) in [4.78, 5) is 15.0. The van der Waals surface area contributed by atoms with Crippen LogP contribution in [0.1, 0.15) is 30.1 Å². The van der Waals surface area contributed by atoms with E-state index < -0.39 is 18.2 Å². The highest BCUT2D eigenvalue weighted by atomic mass is 19.3. The van der Waals surface area contributed by atoms with E-state index in [9.17, 15) is 18.0 Å². The van der Waals surface area contributed by atoms with Gasteiger partial charge in [-0.25, -0.2) is 4.39 Å². The Morgan fingerprint density at radius 1 is 1.41 bits per heavy atom. The predicted octanol–water partition coefficient (Wildman–Crippen LogP) is 3.44. The van der Waals surface area contributed by atoms with Crippen LogP contribution in [0.4, 0.5) is 13.2 Å². The van der Waals surface area contributed by atoms with Gasteiger partial charge in [0.15, 0.2) is 11.6 Å². The van der Waals surface area contributed by atoms with Gasteiger partial charge in [0.2, 0.25) is 0 Å². The molecule has 1 heterocycles. The number of ether oxygens (including phenoxy) is 1. The van der Waals surface area contributed by atoms with Crippen molar-refractivity contribution in [3.05, 3.63) is 29.7 Å². The first-order chi connectivity index (χ1) is 10.5. The third kappa shape index (κ3) is 2.88. The molecular weight excluding hydrogens is 297 g/mol. The molecule has 2 N–H and O–H groups in total. The van der Waals surface area contributed by atoms with Gasteiger partial charge in [-0.2, -0.15) is 8.78 Å². The summed E-state index contributed by atoms with van der Waals surface area (Å²) in [6.07, 6.45) is 3.63. The molecule has 0 spiro atoms. The number of amides is 1. The van der Waals surface area contributed by atoms with Gasteiger partial charge in [-0.15, -0.1) is 0 Å². The molecule has 1 aromatic heterocycles. The van der Waals surface area contributed by atoms with Crippen LogP contribution in [-0.4, -0.2) is 23.5 Å². The highest BCUT2D eigenvalue weighted by Gasteiger charge is 2.29. The Kier molecular flexibility index (Phi) is 3.72. The van der Waals surface area contributed by atoms with Crippen molar-refractivity contribution < 1.29 is 22.7 Å². The van der Waals surface area contributed by atoms with Crippen molar-refractivity contribution in [1.82, 2.24) is 10.3 Å². The number of halogens is 3. The summed E-state index contributed by atoms with van der Waals surface area (Å²) < 4.78 is 42.3. The van der Waals surface area contributed by atoms with E-state index in [-0.39, 0.29) is 17.5 Å². The van der Waals surface area contributed by atoms with E-state index in [4.69, 9.17) is 0 Å². The van der Waals surface area contributed by atoms with Crippen molar-refractivity contribution in [1.29, 1.82) is 0 Å². The fourth-order valence-electron chi connectivity index (χ4n) is 2.50. The van der Waals surface area contributed by atoms with Gasteiger partial charge in [0.05, 0.1) is 11.1 Å². The van der Waals surface area contributed by atoms with Crippen LogP contribution in [0, 0.1) is 11.7 Å². The fourth-order valence-corrected chi connectivity index (χ4v) is 2.50. The minimum absolute atomic E-state index is 0.0590. The summed E-state index contributed by atoms with van der Waals surface area (Å²) in [6.45, 7) is -1.18. The number of carbonyl (C=O) groups is 1. The zero-order chi connectivity index (χ0) is 15.9. The Balaban J connectivity index is 1.87. The highest BCUT2D eigenvalue weighted by Crippen LogP contribution is 2.33. The Hall–Kier alpha value is -2.18. The number of hydrogen-bond donors (Lipinski definition) is 2. The first kappa shape index (κ1) is 14.7. The van der Waals surface area contributed by atoms with Crippen LogP contribution in [0.2, 0.25) is 0 Å². The summed E-state index contributed by atoms with van der Waals surface area (Å²) in [5.74, 6) is -1.30. The van der Waals surface area contributed by atoms with Crippen LogP contribution < -0.4 is 10.1 Å². The quantitative estimate of drug-likeness (QED) is 0.888. The SMILES string of the molecule is C[C@H](NC(=O)c1c[nH]c2cc(OC(F)F)c(F)cc12)C1CC1. The molecule has 0 saturated heterocycles. The number of hydrogen-bond acceptors (Lipinski definition) is 2. The van der Waals surface area contributed by atoms with E-state index in [0.717, 1.165) is 25.0 Å². The molecule has 1 aliphatic carbocycles. The highest BCUT2D eigenvalue weighted by molar-refractivity contribution is 6.07. The van der Waals surface area contributed by atoms with E-state index >= 15 is 0 Å². The zero-order valence-electron chi connectivity index (χ0n) is 11.8. The average molecular weight is 312 g/mol. The zero-order valence-corrected chi connectivity index (χ0v) is 11.8. The van der Waals surface area contributed by atoms with Gasteiger partial charge in [-0.05, 0) is 31.7 Å². The second kappa shape index (κ2) is 5.55. The maximum atomic E-state index is 13.8. The van der Waals surface area contributed by atoms with Gasteiger partial charge in [0.25, 0.3) is 5.91 Å². The fraction of sp³-hybridized carbons (Fsp3) is 0.400. The van der Waals surface area contributed by atoms with E-state index in [1.54, 1.807) is 0 Å². The first-order valence-corrected chi connectivity index (χ1v) is 7.02. The molecule has 1 fully saturated rings. The van der Waals surface area contributed by atoms with Crippen LogP contribution in [0.3, 0.4) is 0 Å². The Morgan fingerprint density at radius 3 is 2.77 bits per heavy atom. The van der Waals surface area contributed by atoms with Crippen molar-refractivity contribution in [3.8, 4) is 5.75 Å². The predicted molar refractivity (Wildman–Crippen MR) is 74.5 cm³/mol. The number of aromatic nitrogens is 1. The molecular formula is C15H15F3N2O2. The largest absolute Gasteiger partial charge is 0.432 e. The lowest BCUT2D eigenvalue weighted by atomic mass is 10.1. The normalized spacial score (nSPS) is 16.0. The molecule has 1 amide bonds. The summed E-state index contributed by atoms with van der Waals surface area (Å²) in [7, 11) is 0. The molecule has 1 saturated carbocycles. The second-order valence-corrected chi connectivity index (χ2v) is 5.51. The Bertz CT molecular complexity index is 710. The van der Waals surface area contributed by atoms with Crippen LogP contribution >= 0.6 is 0 Å². The molecule has 2 aromatic rings. The lowest BCUT2D eigenvalue weighted by molar-refractivity contribution is -0.0520. The van der Waals surface area contributed by atoms with Crippen LogP contribution in [0.15, 0.2) is 18.3 Å². The van der Waals surface area contributed by atoms with Crippen molar-refractivity contribution in [2.24, 2.45) is 5.92 Å². The van der Waals surface area contributed by atoms with Crippen molar-refractivity contribution >= 4 is 16.8 Å². The number of H-pyrrole nitrogens is 1. The smallest absolute Gasteiger partial charge is 0.387 e. The number of aromatic amines is 1. The van der Waals surface area contributed by atoms with E-state index in [1.165, 1.54) is 6.20 Å². The molecule has 3 rings (SSSR count). The maximum Gasteiger partial charge on any atom is 0.387 e. The molecule has 1 atom stereocenters. The standard InChI is InChI=1S/C15H15F3N2O2/c1-7(8-2-3-8)20-14(21)10-6-19-12-5-13(22-15(17)18)11(16)4-9(10)12/h4-8,15,19H,2-3H2,1H3,(H,20,21)/t7-/m0/s1. The summed E-state index contributed by atoms with van der Waals surface area (Å²) in [5, 5.41) is 3.20. The second-order valence-electron chi connectivity index (χ2n) is 5.51. The number of benzene rings is 1. The van der Waals surface area contributed by atoms with Crippen molar-refractivity contribution in [2.45, 2.75) is 32.4 Å². The topological polar surface area (TPSA) is 54.1 Å². The van der Waals surface area contributed by atoms with E-state index in [0.29, 0.717) is 16.8 Å². The van der Waals surface area contributed by atoms with Crippen LogP contribution in [0.5, 0.6) is 5.75 Å². The van der Waals surface area contributed by atoms with Crippen LogP contribution in [0.25, 0.3) is 10.9 Å². The van der Waals surface area contributed by atoms with Crippen molar-refractivity contribution in [3.63, 3.8) is 0 Å². The number of rotatable bonds is 5. The van der Waals surface area contributed by atoms with E-state index in [2.05, 4.69) is 15.0 Å². The molecule has 22 heavy (non-hydrogen) atoms. The molecule has 118 valence electrons. The van der Waals surface area contributed by atoms with Gasteiger partial charge >= 0.3 is 6.61 Å². The third-order valence-corrected chi connectivity index (χ3v) is 3.88. The number of fused-ring (bicyclic) bond motifs is 1. The first-order valence-electron chi connectivity index (χ1n) is 7.02. The minimum atomic E-state index is -3.11. The minimum Gasteiger partial charge on any atom is -0.432 e. The van der Waals surface area contributed by atoms with E-state index in [1.807, 2.05) is 6.92 Å². The molecule has 0 radical (unpaired) electrons.